The van der Waals surface area contributed by atoms with Gasteiger partial charge in [-0.3, -0.25) is 0 Å². The van der Waals surface area contributed by atoms with Crippen LogP contribution in [0.1, 0.15) is 34.6 Å². The first kappa shape index (κ1) is 12.9. The molecule has 0 saturated carbocycles. The van der Waals surface area contributed by atoms with Crippen molar-refractivity contribution in [3.05, 3.63) is 0 Å². The molecule has 0 radical (unpaired) electrons. The molecule has 0 aliphatic rings. The van der Waals surface area contributed by atoms with E-state index in [1.807, 2.05) is 13.8 Å². The first-order valence-corrected chi connectivity index (χ1v) is 4.86. The number of ether oxygens (including phenoxy) is 1. The maximum Gasteiger partial charge on any atom is 0.0897 e. The van der Waals surface area contributed by atoms with Crippen molar-refractivity contribution < 1.29 is 9.84 Å². The number of rotatable bonds is 5. The van der Waals surface area contributed by atoms with Crippen LogP contribution >= 0.6 is 0 Å². The van der Waals surface area contributed by atoms with E-state index in [9.17, 15) is 5.11 Å². The topological polar surface area (TPSA) is 41.5 Å². The molecule has 0 heterocycles. The zero-order valence-corrected chi connectivity index (χ0v) is 9.42. The maximum absolute atomic E-state index is 9.47. The summed E-state index contributed by atoms with van der Waals surface area (Å²) in [6, 6.07) is 0. The van der Waals surface area contributed by atoms with Crippen molar-refractivity contribution in [3.63, 3.8) is 0 Å². The van der Waals surface area contributed by atoms with Crippen LogP contribution in [0.5, 0.6) is 0 Å². The molecule has 0 unspecified atom stereocenters. The summed E-state index contributed by atoms with van der Waals surface area (Å²) >= 11 is 0. The van der Waals surface area contributed by atoms with Crippen LogP contribution in [-0.4, -0.2) is 36.0 Å². The number of hydrogen-bond donors (Lipinski definition) is 2. The van der Waals surface area contributed by atoms with E-state index in [-0.39, 0.29) is 11.6 Å². The Morgan fingerprint density at radius 3 is 2.23 bits per heavy atom. The number of aliphatic hydroxyl groups is 1. The van der Waals surface area contributed by atoms with Crippen molar-refractivity contribution in [3.8, 4) is 0 Å². The van der Waals surface area contributed by atoms with Gasteiger partial charge < -0.3 is 15.2 Å². The fourth-order valence-corrected chi connectivity index (χ4v) is 0.786. The second-order valence-corrected chi connectivity index (χ2v) is 4.67. The van der Waals surface area contributed by atoms with Crippen LogP contribution < -0.4 is 5.32 Å². The van der Waals surface area contributed by atoms with Gasteiger partial charge in [0.2, 0.25) is 0 Å². The SMILES string of the molecule is CC(C)OC[C@@H](O)CNC(C)(C)C. The van der Waals surface area contributed by atoms with Crippen LogP contribution in [0.15, 0.2) is 0 Å². The first-order valence-electron chi connectivity index (χ1n) is 4.86. The number of β-amino-alcohol motifs (C(OH)–C–C–N with tert-alkyl or cyclic N) is 1. The number of nitrogens with one attached hydrogen (secondary N) is 1. The summed E-state index contributed by atoms with van der Waals surface area (Å²) in [6.07, 6.45) is -0.231. The molecule has 0 amide bonds. The quantitative estimate of drug-likeness (QED) is 0.682. The zero-order valence-electron chi connectivity index (χ0n) is 9.42. The van der Waals surface area contributed by atoms with Crippen molar-refractivity contribution in [1.82, 2.24) is 5.32 Å². The molecule has 0 bridgehead atoms. The normalized spacial score (nSPS) is 15.0. The third-order valence-electron chi connectivity index (χ3n) is 1.49. The largest absolute Gasteiger partial charge is 0.389 e. The highest BCUT2D eigenvalue weighted by atomic mass is 16.5. The van der Waals surface area contributed by atoms with Crippen LogP contribution in [0.2, 0.25) is 0 Å². The Hall–Kier alpha value is -0.120. The van der Waals surface area contributed by atoms with E-state index in [1.165, 1.54) is 0 Å². The smallest absolute Gasteiger partial charge is 0.0897 e. The highest BCUT2D eigenvalue weighted by Crippen LogP contribution is 1.99. The van der Waals surface area contributed by atoms with Crippen LogP contribution in [0.3, 0.4) is 0 Å². The van der Waals surface area contributed by atoms with Gasteiger partial charge in [-0.05, 0) is 34.6 Å². The molecular weight excluding hydrogens is 166 g/mol. The molecule has 0 spiro atoms. The van der Waals surface area contributed by atoms with Gasteiger partial charge in [0, 0.05) is 12.1 Å². The lowest BCUT2D eigenvalue weighted by Crippen LogP contribution is -2.42. The maximum atomic E-state index is 9.47. The molecule has 0 saturated heterocycles. The van der Waals surface area contributed by atoms with Gasteiger partial charge in [-0.15, -0.1) is 0 Å². The zero-order chi connectivity index (χ0) is 10.5. The lowest BCUT2D eigenvalue weighted by Gasteiger charge is -2.23. The van der Waals surface area contributed by atoms with Crippen LogP contribution in [0, 0.1) is 0 Å². The Morgan fingerprint density at radius 1 is 1.31 bits per heavy atom. The lowest BCUT2D eigenvalue weighted by atomic mass is 10.1. The first-order chi connectivity index (χ1) is 5.81. The molecule has 0 aromatic carbocycles. The van der Waals surface area contributed by atoms with Crippen molar-refractivity contribution in [2.45, 2.75) is 52.4 Å². The number of hydrogen-bond acceptors (Lipinski definition) is 3. The molecule has 0 aliphatic carbocycles. The molecule has 13 heavy (non-hydrogen) atoms. The molecule has 1 atom stereocenters. The Labute approximate surface area is 81.5 Å². The van der Waals surface area contributed by atoms with Gasteiger partial charge in [0.25, 0.3) is 0 Å². The molecular formula is C10H23NO2. The predicted molar refractivity (Wildman–Crippen MR) is 54.9 cm³/mol. The van der Waals surface area contributed by atoms with Crippen LogP contribution in [-0.2, 0) is 4.74 Å². The van der Waals surface area contributed by atoms with E-state index in [0.29, 0.717) is 13.2 Å². The monoisotopic (exact) mass is 189 g/mol. The van der Waals surface area contributed by atoms with Crippen molar-refractivity contribution in [2.24, 2.45) is 0 Å². The van der Waals surface area contributed by atoms with E-state index in [2.05, 4.69) is 26.1 Å². The summed E-state index contributed by atoms with van der Waals surface area (Å²) in [5.74, 6) is 0. The van der Waals surface area contributed by atoms with Gasteiger partial charge in [-0.2, -0.15) is 0 Å². The third-order valence-corrected chi connectivity index (χ3v) is 1.49. The van der Waals surface area contributed by atoms with Crippen LogP contribution in [0.4, 0.5) is 0 Å². The Bertz CT molecular complexity index is 129. The minimum atomic E-state index is -0.415. The van der Waals surface area contributed by atoms with E-state index >= 15 is 0 Å². The summed E-state index contributed by atoms with van der Waals surface area (Å²) in [5, 5.41) is 12.7. The summed E-state index contributed by atoms with van der Waals surface area (Å²) in [7, 11) is 0. The van der Waals surface area contributed by atoms with E-state index < -0.39 is 6.10 Å². The minimum Gasteiger partial charge on any atom is -0.389 e. The number of aliphatic hydroxyl groups excluding tert-OH is 1. The lowest BCUT2D eigenvalue weighted by molar-refractivity contribution is 0.00438. The Kier molecular flexibility index (Phi) is 5.53. The summed E-state index contributed by atoms with van der Waals surface area (Å²) in [6.45, 7) is 11.1. The van der Waals surface area contributed by atoms with Gasteiger partial charge in [0.15, 0.2) is 0 Å². The van der Waals surface area contributed by atoms with Gasteiger partial charge in [-0.1, -0.05) is 0 Å². The molecule has 80 valence electrons. The van der Waals surface area contributed by atoms with Crippen molar-refractivity contribution >= 4 is 0 Å². The molecule has 2 N–H and O–H groups in total. The minimum absolute atomic E-state index is 0.0544. The van der Waals surface area contributed by atoms with Gasteiger partial charge in [0.1, 0.15) is 0 Å². The summed E-state index contributed by atoms with van der Waals surface area (Å²) in [4.78, 5) is 0. The second-order valence-electron chi connectivity index (χ2n) is 4.67. The van der Waals surface area contributed by atoms with E-state index in [1.54, 1.807) is 0 Å². The molecule has 0 aliphatic heterocycles. The Balaban J connectivity index is 3.46. The van der Waals surface area contributed by atoms with Gasteiger partial charge >= 0.3 is 0 Å². The fraction of sp³-hybridized carbons (Fsp3) is 1.00. The molecule has 0 aromatic heterocycles. The highest BCUT2D eigenvalue weighted by molar-refractivity contribution is 4.72. The van der Waals surface area contributed by atoms with Gasteiger partial charge in [0.05, 0.1) is 18.8 Å². The van der Waals surface area contributed by atoms with Crippen molar-refractivity contribution in [2.75, 3.05) is 13.2 Å². The molecule has 0 fully saturated rings. The fourth-order valence-electron chi connectivity index (χ4n) is 0.786. The highest BCUT2D eigenvalue weighted by Gasteiger charge is 2.12. The third kappa shape index (κ3) is 9.80. The van der Waals surface area contributed by atoms with Crippen molar-refractivity contribution in [1.29, 1.82) is 0 Å². The van der Waals surface area contributed by atoms with Crippen LogP contribution in [0.25, 0.3) is 0 Å². The molecule has 3 nitrogen and oxygen atoms in total. The van der Waals surface area contributed by atoms with E-state index in [0.717, 1.165) is 0 Å². The molecule has 0 aromatic rings. The predicted octanol–water partition coefficient (Wildman–Crippen LogP) is 1.16. The molecule has 3 heteroatoms. The standard InChI is InChI=1S/C10H23NO2/c1-8(2)13-7-9(12)6-11-10(3,4)5/h8-9,11-12H,6-7H2,1-5H3/t9-/m0/s1. The second kappa shape index (κ2) is 5.58. The average molecular weight is 189 g/mol. The summed E-state index contributed by atoms with van der Waals surface area (Å²) < 4.78 is 5.28. The average Bonchev–Trinajstić information content (AvgIpc) is 1.95. The van der Waals surface area contributed by atoms with Gasteiger partial charge in [-0.25, -0.2) is 0 Å². The Morgan fingerprint density at radius 2 is 1.85 bits per heavy atom. The molecule has 0 rings (SSSR count). The summed E-state index contributed by atoms with van der Waals surface area (Å²) in [5.41, 5.74) is 0.0544. The van der Waals surface area contributed by atoms with E-state index in [4.69, 9.17) is 4.74 Å².